The first kappa shape index (κ1) is 21.7. The molecule has 5 rings (SSSR count). The van der Waals surface area contributed by atoms with Crippen LogP contribution >= 0.6 is 0 Å². The van der Waals surface area contributed by atoms with Gasteiger partial charge in [-0.15, -0.1) is 0 Å². The van der Waals surface area contributed by atoms with E-state index in [0.717, 1.165) is 47.6 Å². The summed E-state index contributed by atoms with van der Waals surface area (Å²) < 4.78 is 13.2. The van der Waals surface area contributed by atoms with Crippen molar-refractivity contribution in [3.05, 3.63) is 42.6 Å². The lowest BCUT2D eigenvalue weighted by Gasteiger charge is -2.36. The molecule has 0 bridgehead atoms. The highest BCUT2D eigenvalue weighted by atomic mass is 16.6. The summed E-state index contributed by atoms with van der Waals surface area (Å²) >= 11 is 0. The van der Waals surface area contributed by atoms with E-state index in [2.05, 4.69) is 33.4 Å². The van der Waals surface area contributed by atoms with Crippen LogP contribution in [-0.2, 0) is 9.47 Å². The molecule has 174 valence electrons. The van der Waals surface area contributed by atoms with E-state index in [1.807, 2.05) is 49.8 Å². The first-order valence-corrected chi connectivity index (χ1v) is 11.4. The standard InChI is InChI=1S/C24H30N6O3/c1-24(2,3)33-23(31)29-13-11-28(12-14-29)17-8-9-25-19(16-17)21-18-6-4-5-7-20(18)30(27-21)22-26-10-15-32-22/h4-9,16,22,26H,10-15H2,1-3H3. The minimum Gasteiger partial charge on any atom is -0.444 e. The molecule has 1 atom stereocenters. The molecule has 33 heavy (non-hydrogen) atoms. The van der Waals surface area contributed by atoms with Gasteiger partial charge in [-0.2, -0.15) is 5.10 Å². The molecule has 1 amide bonds. The van der Waals surface area contributed by atoms with Crippen LogP contribution in [0.15, 0.2) is 42.6 Å². The molecule has 9 heteroatoms. The molecule has 0 radical (unpaired) electrons. The Morgan fingerprint density at radius 2 is 1.94 bits per heavy atom. The fourth-order valence-corrected chi connectivity index (χ4v) is 4.25. The molecular formula is C24H30N6O3. The Balaban J connectivity index is 1.37. The summed E-state index contributed by atoms with van der Waals surface area (Å²) in [5.41, 5.74) is 3.23. The van der Waals surface area contributed by atoms with Gasteiger partial charge in [0.1, 0.15) is 11.3 Å². The predicted molar refractivity (Wildman–Crippen MR) is 126 cm³/mol. The SMILES string of the molecule is CC(C)(C)OC(=O)N1CCN(c2ccnc(-c3nn(C4NCCO4)c4ccccc34)c2)CC1. The van der Waals surface area contributed by atoms with E-state index in [4.69, 9.17) is 14.6 Å². The molecule has 0 aliphatic carbocycles. The molecule has 2 aliphatic rings. The number of carbonyl (C=O) groups excluding carboxylic acids is 1. The number of anilines is 1. The van der Waals surface area contributed by atoms with Crippen LogP contribution in [0, 0.1) is 0 Å². The molecule has 4 heterocycles. The van der Waals surface area contributed by atoms with Crippen LogP contribution in [0.2, 0.25) is 0 Å². The van der Waals surface area contributed by atoms with E-state index >= 15 is 0 Å². The number of piperazine rings is 1. The van der Waals surface area contributed by atoms with E-state index in [1.165, 1.54) is 0 Å². The highest BCUT2D eigenvalue weighted by molar-refractivity contribution is 5.92. The molecule has 1 aromatic carbocycles. The normalized spacial score (nSPS) is 19.3. The van der Waals surface area contributed by atoms with Crippen molar-refractivity contribution in [2.75, 3.05) is 44.2 Å². The Morgan fingerprint density at radius 3 is 2.67 bits per heavy atom. The number of fused-ring (bicyclic) bond motifs is 1. The molecule has 2 aromatic heterocycles. The summed E-state index contributed by atoms with van der Waals surface area (Å²) in [6.07, 6.45) is 1.30. The second-order valence-corrected chi connectivity index (χ2v) is 9.34. The lowest BCUT2D eigenvalue weighted by atomic mass is 10.1. The first-order valence-electron chi connectivity index (χ1n) is 11.4. The first-order chi connectivity index (χ1) is 15.9. The van der Waals surface area contributed by atoms with Crippen molar-refractivity contribution in [3.8, 4) is 11.4 Å². The van der Waals surface area contributed by atoms with E-state index < -0.39 is 5.60 Å². The number of ether oxygens (including phenoxy) is 2. The van der Waals surface area contributed by atoms with Gasteiger partial charge in [0.05, 0.1) is 17.8 Å². The van der Waals surface area contributed by atoms with Crippen molar-refractivity contribution < 1.29 is 14.3 Å². The van der Waals surface area contributed by atoms with Gasteiger partial charge in [0, 0.05) is 50.0 Å². The second-order valence-electron chi connectivity index (χ2n) is 9.34. The second kappa shape index (κ2) is 8.64. The summed E-state index contributed by atoms with van der Waals surface area (Å²) in [5, 5.41) is 9.24. The summed E-state index contributed by atoms with van der Waals surface area (Å²) in [5.74, 6) is 0. The third kappa shape index (κ3) is 4.51. The maximum absolute atomic E-state index is 12.4. The van der Waals surface area contributed by atoms with Crippen LogP contribution < -0.4 is 10.2 Å². The zero-order chi connectivity index (χ0) is 23.0. The number of hydrogen-bond donors (Lipinski definition) is 1. The van der Waals surface area contributed by atoms with Gasteiger partial charge in [0.25, 0.3) is 0 Å². The topological polar surface area (TPSA) is 84.8 Å². The number of carbonyl (C=O) groups is 1. The summed E-state index contributed by atoms with van der Waals surface area (Å²) in [7, 11) is 0. The van der Waals surface area contributed by atoms with Gasteiger partial charge in [-0.05, 0) is 39.0 Å². The zero-order valence-electron chi connectivity index (χ0n) is 19.3. The largest absolute Gasteiger partial charge is 0.444 e. The number of benzene rings is 1. The molecule has 2 aliphatic heterocycles. The molecule has 9 nitrogen and oxygen atoms in total. The van der Waals surface area contributed by atoms with Crippen molar-refractivity contribution in [2.45, 2.75) is 32.7 Å². The van der Waals surface area contributed by atoms with Crippen molar-refractivity contribution in [3.63, 3.8) is 0 Å². The lowest BCUT2D eigenvalue weighted by Crippen LogP contribution is -2.50. The molecule has 1 N–H and O–H groups in total. The van der Waals surface area contributed by atoms with E-state index in [0.29, 0.717) is 19.7 Å². The number of pyridine rings is 1. The minimum absolute atomic E-state index is 0.252. The van der Waals surface area contributed by atoms with Crippen LogP contribution in [0.4, 0.5) is 10.5 Å². The van der Waals surface area contributed by atoms with Crippen molar-refractivity contribution in [1.29, 1.82) is 0 Å². The molecule has 1 unspecified atom stereocenters. The average Bonchev–Trinajstić information content (AvgIpc) is 3.46. The van der Waals surface area contributed by atoms with Crippen LogP contribution in [0.1, 0.15) is 27.1 Å². The van der Waals surface area contributed by atoms with E-state index in [-0.39, 0.29) is 12.4 Å². The van der Waals surface area contributed by atoms with Gasteiger partial charge >= 0.3 is 6.09 Å². The van der Waals surface area contributed by atoms with Gasteiger partial charge < -0.3 is 19.3 Å². The number of rotatable bonds is 3. The minimum atomic E-state index is -0.487. The van der Waals surface area contributed by atoms with Crippen molar-refractivity contribution in [2.24, 2.45) is 0 Å². The maximum atomic E-state index is 12.4. The number of para-hydroxylation sites is 1. The molecule has 2 saturated heterocycles. The molecular weight excluding hydrogens is 420 g/mol. The Hall–Kier alpha value is -3.17. The fourth-order valence-electron chi connectivity index (χ4n) is 4.25. The van der Waals surface area contributed by atoms with Crippen molar-refractivity contribution in [1.82, 2.24) is 25.0 Å². The number of amides is 1. The van der Waals surface area contributed by atoms with Crippen LogP contribution in [-0.4, -0.2) is 70.7 Å². The average molecular weight is 451 g/mol. The van der Waals surface area contributed by atoms with Crippen molar-refractivity contribution >= 4 is 22.7 Å². The Kier molecular flexibility index (Phi) is 5.67. The smallest absolute Gasteiger partial charge is 0.410 e. The van der Waals surface area contributed by atoms with Gasteiger partial charge in [-0.25, -0.2) is 9.48 Å². The monoisotopic (exact) mass is 450 g/mol. The molecule has 0 spiro atoms. The Labute approximate surface area is 193 Å². The van der Waals surface area contributed by atoms with E-state index in [9.17, 15) is 4.79 Å². The van der Waals surface area contributed by atoms with Gasteiger partial charge in [0.15, 0.2) is 0 Å². The molecule has 2 fully saturated rings. The number of aromatic nitrogens is 3. The molecule has 0 saturated carbocycles. The van der Waals surface area contributed by atoms with Crippen LogP contribution in [0.25, 0.3) is 22.3 Å². The highest BCUT2D eigenvalue weighted by Crippen LogP contribution is 2.31. The third-order valence-electron chi connectivity index (χ3n) is 5.82. The molecule has 3 aromatic rings. The van der Waals surface area contributed by atoms with E-state index in [1.54, 1.807) is 4.90 Å². The van der Waals surface area contributed by atoms with Crippen LogP contribution in [0.3, 0.4) is 0 Å². The lowest BCUT2D eigenvalue weighted by molar-refractivity contribution is 0.0240. The maximum Gasteiger partial charge on any atom is 0.410 e. The fraction of sp³-hybridized carbons (Fsp3) is 0.458. The zero-order valence-corrected chi connectivity index (χ0v) is 19.3. The van der Waals surface area contributed by atoms with Gasteiger partial charge in [-0.1, -0.05) is 18.2 Å². The number of nitrogens with zero attached hydrogens (tertiary/aromatic N) is 5. The summed E-state index contributed by atoms with van der Waals surface area (Å²) in [4.78, 5) is 21.1. The predicted octanol–water partition coefficient (Wildman–Crippen LogP) is 3.23. The summed E-state index contributed by atoms with van der Waals surface area (Å²) in [6.45, 7) is 9.84. The quantitative estimate of drug-likeness (QED) is 0.656. The number of hydrogen-bond acceptors (Lipinski definition) is 7. The summed E-state index contributed by atoms with van der Waals surface area (Å²) in [6, 6.07) is 12.2. The van der Waals surface area contributed by atoms with Gasteiger partial charge in [-0.3, -0.25) is 10.3 Å². The Morgan fingerprint density at radius 1 is 1.15 bits per heavy atom. The van der Waals surface area contributed by atoms with Gasteiger partial charge in [0.2, 0.25) is 6.35 Å². The number of nitrogens with one attached hydrogen (secondary N) is 1. The Bertz CT molecular complexity index is 1140. The van der Waals surface area contributed by atoms with Crippen LogP contribution in [0.5, 0.6) is 0 Å². The highest BCUT2D eigenvalue weighted by Gasteiger charge is 2.27. The third-order valence-corrected chi connectivity index (χ3v) is 5.82.